The number of fused-ring (bicyclic) bond motifs is 1. The lowest BCUT2D eigenvalue weighted by atomic mass is 10.1. The van der Waals surface area contributed by atoms with Gasteiger partial charge in [0.25, 0.3) is 5.56 Å². The van der Waals surface area contributed by atoms with Crippen LogP contribution >= 0.6 is 0 Å². The number of hydrogen-bond donors (Lipinski definition) is 5. The Balaban J connectivity index is 1.94. The van der Waals surface area contributed by atoms with Crippen molar-refractivity contribution in [2.24, 2.45) is 0 Å². The van der Waals surface area contributed by atoms with Gasteiger partial charge >= 0.3 is 5.69 Å². The maximum Gasteiger partial charge on any atom is 0.333 e. The van der Waals surface area contributed by atoms with Crippen LogP contribution in [0.2, 0.25) is 0 Å². The first-order valence-electron chi connectivity index (χ1n) is 7.99. The molecule has 4 heterocycles. The molecule has 4 rings (SSSR count). The highest BCUT2D eigenvalue weighted by atomic mass is 19.1. The molecule has 4 atom stereocenters. The third-order valence-corrected chi connectivity index (χ3v) is 4.44. The molecule has 0 spiro atoms. The molecule has 12 nitrogen and oxygen atoms in total. The average molecular weight is 381 g/mol. The van der Waals surface area contributed by atoms with Crippen LogP contribution in [0.5, 0.6) is 0 Å². The highest BCUT2D eigenvalue weighted by Gasteiger charge is 2.46. The summed E-state index contributed by atoms with van der Waals surface area (Å²) in [6, 6.07) is 1.61. The third kappa shape index (κ3) is 2.63. The summed E-state index contributed by atoms with van der Waals surface area (Å²) in [4.78, 5) is 31.7. The van der Waals surface area contributed by atoms with E-state index >= 15 is 0 Å². The fourth-order valence-electron chi connectivity index (χ4n) is 3.19. The van der Waals surface area contributed by atoms with Crippen LogP contribution < -0.4 is 17.0 Å². The fourth-order valence-corrected chi connectivity index (χ4v) is 3.19. The SMILES string of the molecule is Nc1nc2c(c(=O)[nH]1)n(Cc1ccn[nH]1)c(=O)n2[C@@H]1O[C@H](CO)[C@@H](F)[C@H]1O. The zero-order valence-electron chi connectivity index (χ0n) is 13.7. The van der Waals surface area contributed by atoms with Crippen molar-refractivity contribution < 1.29 is 19.3 Å². The predicted molar refractivity (Wildman–Crippen MR) is 88.6 cm³/mol. The molecule has 0 bridgehead atoms. The van der Waals surface area contributed by atoms with E-state index in [0.717, 1.165) is 9.13 Å². The molecule has 0 aromatic carbocycles. The van der Waals surface area contributed by atoms with Gasteiger partial charge in [0.05, 0.1) is 18.8 Å². The predicted octanol–water partition coefficient (Wildman–Crippen LogP) is -2.17. The van der Waals surface area contributed by atoms with E-state index in [4.69, 9.17) is 10.5 Å². The van der Waals surface area contributed by atoms with Gasteiger partial charge in [0.1, 0.15) is 12.2 Å². The van der Waals surface area contributed by atoms with Gasteiger partial charge in [0.2, 0.25) is 5.95 Å². The molecule has 1 fully saturated rings. The van der Waals surface area contributed by atoms with Gasteiger partial charge in [-0.05, 0) is 6.07 Å². The number of anilines is 1. The minimum Gasteiger partial charge on any atom is -0.394 e. The number of rotatable bonds is 4. The number of ether oxygens (including phenoxy) is 1. The molecule has 0 saturated carbocycles. The Kier molecular flexibility index (Phi) is 4.05. The molecule has 0 amide bonds. The standard InChI is InChI=1S/C14H16FN7O5/c15-7-6(4-23)27-12(9(7)24)22-10-8(11(25)19-13(16)18-10)21(14(22)26)3-5-1-2-17-20-5/h1-2,6-7,9,12,23-24H,3-4H2,(H,17,20)(H3,16,18,19,25)/t6-,7-,9-,12-/m1/s1. The molecule has 0 unspecified atom stereocenters. The normalized spacial score (nSPS) is 25.4. The van der Waals surface area contributed by atoms with Crippen LogP contribution in [0.25, 0.3) is 11.2 Å². The Labute approximate surface area is 149 Å². The molecule has 0 radical (unpaired) electrons. The Hall–Kier alpha value is -3.03. The summed E-state index contributed by atoms with van der Waals surface area (Å²) >= 11 is 0. The summed E-state index contributed by atoms with van der Waals surface area (Å²) in [5, 5.41) is 25.8. The van der Waals surface area contributed by atoms with E-state index in [0.29, 0.717) is 5.69 Å². The number of hydrogen-bond acceptors (Lipinski definition) is 8. The topological polar surface area (TPSA) is 177 Å². The summed E-state index contributed by atoms with van der Waals surface area (Å²) in [5.41, 5.74) is 4.36. The van der Waals surface area contributed by atoms with Gasteiger partial charge in [-0.2, -0.15) is 10.1 Å². The number of nitrogens with zero attached hydrogens (tertiary/aromatic N) is 4. The second-order valence-electron chi connectivity index (χ2n) is 6.13. The van der Waals surface area contributed by atoms with Crippen LogP contribution in [0.3, 0.4) is 0 Å². The maximum atomic E-state index is 14.1. The van der Waals surface area contributed by atoms with Gasteiger partial charge < -0.3 is 20.7 Å². The van der Waals surface area contributed by atoms with E-state index in [2.05, 4.69) is 20.2 Å². The monoisotopic (exact) mass is 381 g/mol. The molecule has 3 aromatic rings. The van der Waals surface area contributed by atoms with Crippen molar-refractivity contribution in [3.8, 4) is 0 Å². The van der Waals surface area contributed by atoms with Crippen LogP contribution in [0.15, 0.2) is 21.9 Å². The highest BCUT2D eigenvalue weighted by molar-refractivity contribution is 5.72. The van der Waals surface area contributed by atoms with Gasteiger partial charge in [0, 0.05) is 6.20 Å². The maximum absolute atomic E-state index is 14.1. The molecule has 27 heavy (non-hydrogen) atoms. The van der Waals surface area contributed by atoms with Crippen LogP contribution in [-0.4, -0.2) is 64.5 Å². The van der Waals surface area contributed by atoms with E-state index in [-0.39, 0.29) is 23.7 Å². The van der Waals surface area contributed by atoms with Crippen molar-refractivity contribution in [1.82, 2.24) is 29.3 Å². The van der Waals surface area contributed by atoms with Gasteiger partial charge in [0.15, 0.2) is 23.6 Å². The first kappa shape index (κ1) is 17.4. The Bertz CT molecular complexity index is 1090. The van der Waals surface area contributed by atoms with E-state index in [1.54, 1.807) is 6.07 Å². The van der Waals surface area contributed by atoms with Gasteiger partial charge in [-0.1, -0.05) is 0 Å². The summed E-state index contributed by atoms with van der Waals surface area (Å²) in [5.74, 6) is -0.261. The zero-order chi connectivity index (χ0) is 19.3. The van der Waals surface area contributed by atoms with Gasteiger partial charge in [-0.25, -0.2) is 13.8 Å². The second kappa shape index (κ2) is 6.29. The van der Waals surface area contributed by atoms with Crippen LogP contribution in [0, 0.1) is 0 Å². The number of aliphatic hydroxyl groups excluding tert-OH is 2. The molecule has 6 N–H and O–H groups in total. The number of imidazole rings is 1. The molecular weight excluding hydrogens is 365 g/mol. The molecule has 144 valence electrons. The number of nitrogens with two attached hydrogens (primary N) is 1. The van der Waals surface area contributed by atoms with Gasteiger partial charge in [-0.3, -0.25) is 19.4 Å². The first-order chi connectivity index (χ1) is 12.9. The van der Waals surface area contributed by atoms with E-state index in [1.165, 1.54) is 6.20 Å². The molecule has 1 aliphatic rings. The lowest BCUT2D eigenvalue weighted by molar-refractivity contribution is -0.0513. The summed E-state index contributed by atoms with van der Waals surface area (Å²) < 4.78 is 21.4. The van der Waals surface area contributed by atoms with Crippen molar-refractivity contribution in [2.75, 3.05) is 12.3 Å². The highest BCUT2D eigenvalue weighted by Crippen LogP contribution is 2.32. The fraction of sp³-hybridized carbons (Fsp3) is 0.429. The van der Waals surface area contributed by atoms with Crippen molar-refractivity contribution in [2.45, 2.75) is 31.2 Å². The molecule has 3 aromatic heterocycles. The van der Waals surface area contributed by atoms with Crippen molar-refractivity contribution >= 4 is 17.1 Å². The number of aromatic nitrogens is 6. The molecule has 1 saturated heterocycles. The van der Waals surface area contributed by atoms with Crippen LogP contribution in [0.4, 0.5) is 10.3 Å². The minimum atomic E-state index is -1.92. The number of nitrogen functional groups attached to an aromatic ring is 1. The number of H-pyrrole nitrogens is 2. The number of nitrogens with one attached hydrogen (secondary N) is 2. The number of alkyl halides is 1. The number of halogens is 1. The van der Waals surface area contributed by atoms with Crippen molar-refractivity contribution in [3.05, 3.63) is 38.8 Å². The van der Waals surface area contributed by atoms with Crippen LogP contribution in [0.1, 0.15) is 11.9 Å². The molecule has 13 heteroatoms. The summed E-state index contributed by atoms with van der Waals surface area (Å²) in [6.45, 7) is -0.741. The zero-order valence-corrected chi connectivity index (χ0v) is 13.7. The largest absolute Gasteiger partial charge is 0.394 e. The van der Waals surface area contributed by atoms with E-state index in [9.17, 15) is 24.2 Å². The minimum absolute atomic E-state index is 0.0533. The quantitative estimate of drug-likeness (QED) is 0.339. The molecular formula is C14H16FN7O5. The summed E-state index contributed by atoms with van der Waals surface area (Å²) in [7, 11) is 0. The number of aromatic amines is 2. The van der Waals surface area contributed by atoms with Gasteiger partial charge in [-0.15, -0.1) is 0 Å². The van der Waals surface area contributed by atoms with E-state index in [1.807, 2.05) is 0 Å². The van der Waals surface area contributed by atoms with Crippen LogP contribution in [-0.2, 0) is 11.3 Å². The third-order valence-electron chi connectivity index (χ3n) is 4.44. The Morgan fingerprint density at radius 1 is 1.41 bits per heavy atom. The number of aliphatic hydroxyl groups is 2. The second-order valence-corrected chi connectivity index (χ2v) is 6.13. The average Bonchev–Trinajstić information content (AvgIpc) is 3.30. The molecule has 1 aliphatic heterocycles. The van der Waals surface area contributed by atoms with Crippen molar-refractivity contribution in [1.29, 1.82) is 0 Å². The van der Waals surface area contributed by atoms with E-state index < -0.39 is 42.5 Å². The molecule has 0 aliphatic carbocycles. The lowest BCUT2D eigenvalue weighted by Crippen LogP contribution is -2.34. The lowest BCUT2D eigenvalue weighted by Gasteiger charge is -2.15. The Morgan fingerprint density at radius 3 is 2.81 bits per heavy atom. The summed E-state index contributed by atoms with van der Waals surface area (Å²) in [6.07, 6.45) is -4.99. The first-order valence-corrected chi connectivity index (χ1v) is 7.99. The van der Waals surface area contributed by atoms with Crippen molar-refractivity contribution in [3.63, 3.8) is 0 Å². The Morgan fingerprint density at radius 2 is 2.19 bits per heavy atom. The smallest absolute Gasteiger partial charge is 0.333 e.